The number of carbonyl (C=O) groups is 1. The van der Waals surface area contributed by atoms with Crippen LogP contribution >= 0.6 is 0 Å². The van der Waals surface area contributed by atoms with Gasteiger partial charge in [0.25, 0.3) is 0 Å². The standard InChI is InChI=1S/C21H40O3/c1-3-5-6-7-8-9-10-11-12-13-14-15-16-17-18-19(21(23)24)20(22)4-2/h11-12,19-20,22H,3-10,13-18H2,1-2H3,(H,23,24)/b12-11-. The van der Waals surface area contributed by atoms with Crippen molar-refractivity contribution in [1.82, 2.24) is 0 Å². The quantitative estimate of drug-likeness (QED) is 0.248. The van der Waals surface area contributed by atoms with Gasteiger partial charge in [0.2, 0.25) is 0 Å². The van der Waals surface area contributed by atoms with Crippen LogP contribution in [0.5, 0.6) is 0 Å². The Labute approximate surface area is 149 Å². The summed E-state index contributed by atoms with van der Waals surface area (Å²) < 4.78 is 0. The molecule has 0 saturated carbocycles. The lowest BCUT2D eigenvalue weighted by Gasteiger charge is -2.17. The highest BCUT2D eigenvalue weighted by Gasteiger charge is 2.24. The molecule has 0 aromatic rings. The number of aliphatic carboxylic acids is 1. The zero-order valence-electron chi connectivity index (χ0n) is 16.0. The van der Waals surface area contributed by atoms with Gasteiger partial charge in [-0.15, -0.1) is 0 Å². The highest BCUT2D eigenvalue weighted by Crippen LogP contribution is 2.17. The topological polar surface area (TPSA) is 57.5 Å². The van der Waals surface area contributed by atoms with Crippen LogP contribution in [0, 0.1) is 5.92 Å². The van der Waals surface area contributed by atoms with Crippen molar-refractivity contribution in [2.45, 2.75) is 110 Å². The molecule has 0 aromatic carbocycles. The van der Waals surface area contributed by atoms with Crippen molar-refractivity contribution in [3.8, 4) is 0 Å². The summed E-state index contributed by atoms with van der Waals surface area (Å²) in [4.78, 5) is 11.1. The fraction of sp³-hybridized carbons (Fsp3) is 0.857. The summed E-state index contributed by atoms with van der Waals surface area (Å²) in [5, 5.41) is 18.8. The number of aliphatic hydroxyl groups excluding tert-OH is 1. The van der Waals surface area contributed by atoms with Crippen LogP contribution in [0.3, 0.4) is 0 Å². The molecule has 0 radical (unpaired) electrons. The van der Waals surface area contributed by atoms with Crippen LogP contribution in [0.4, 0.5) is 0 Å². The first-order valence-electron chi connectivity index (χ1n) is 10.2. The Bertz CT molecular complexity index is 312. The van der Waals surface area contributed by atoms with Gasteiger partial charge in [0.1, 0.15) is 0 Å². The monoisotopic (exact) mass is 340 g/mol. The van der Waals surface area contributed by atoms with Gasteiger partial charge >= 0.3 is 5.97 Å². The number of carboxylic acids is 1. The average molecular weight is 341 g/mol. The van der Waals surface area contributed by atoms with Crippen molar-refractivity contribution in [2.24, 2.45) is 5.92 Å². The predicted molar refractivity (Wildman–Crippen MR) is 102 cm³/mol. The van der Waals surface area contributed by atoms with Gasteiger partial charge in [0, 0.05) is 0 Å². The Balaban J connectivity index is 3.43. The maximum atomic E-state index is 11.1. The second-order valence-corrected chi connectivity index (χ2v) is 6.94. The molecule has 24 heavy (non-hydrogen) atoms. The second kappa shape index (κ2) is 17.0. The maximum Gasteiger partial charge on any atom is 0.309 e. The normalized spacial score (nSPS) is 14.1. The molecule has 0 spiro atoms. The summed E-state index contributed by atoms with van der Waals surface area (Å²) in [5.41, 5.74) is 0. The van der Waals surface area contributed by atoms with Gasteiger partial charge in [-0.05, 0) is 38.5 Å². The van der Waals surface area contributed by atoms with E-state index in [1.54, 1.807) is 0 Å². The molecule has 0 heterocycles. The van der Waals surface area contributed by atoms with Gasteiger partial charge in [-0.3, -0.25) is 4.79 Å². The number of aliphatic hydroxyl groups is 1. The molecule has 0 amide bonds. The van der Waals surface area contributed by atoms with Gasteiger partial charge < -0.3 is 10.2 Å². The predicted octanol–water partition coefficient (Wildman–Crippen LogP) is 6.11. The van der Waals surface area contributed by atoms with Gasteiger partial charge in [0.15, 0.2) is 0 Å². The second-order valence-electron chi connectivity index (χ2n) is 6.94. The summed E-state index contributed by atoms with van der Waals surface area (Å²) in [5.74, 6) is -1.45. The molecule has 2 unspecified atom stereocenters. The van der Waals surface area contributed by atoms with Crippen LogP contribution in [0.1, 0.15) is 104 Å². The minimum absolute atomic E-state index is 0.514. The largest absolute Gasteiger partial charge is 0.481 e. The fourth-order valence-electron chi connectivity index (χ4n) is 3.02. The summed E-state index contributed by atoms with van der Waals surface area (Å²) >= 11 is 0. The van der Waals surface area contributed by atoms with E-state index in [0.29, 0.717) is 12.8 Å². The van der Waals surface area contributed by atoms with E-state index in [4.69, 9.17) is 5.11 Å². The molecule has 0 saturated heterocycles. The number of unbranched alkanes of at least 4 members (excludes halogenated alkanes) is 10. The number of hydrogen-bond acceptors (Lipinski definition) is 2. The first kappa shape index (κ1) is 23.2. The number of carboxylic acid groups (broad SMARTS) is 1. The molecule has 0 aliphatic heterocycles. The average Bonchev–Trinajstić information content (AvgIpc) is 2.57. The van der Waals surface area contributed by atoms with Crippen LogP contribution in [0.25, 0.3) is 0 Å². The van der Waals surface area contributed by atoms with E-state index in [0.717, 1.165) is 25.7 Å². The third kappa shape index (κ3) is 13.6. The lowest BCUT2D eigenvalue weighted by Crippen LogP contribution is -2.27. The highest BCUT2D eigenvalue weighted by molar-refractivity contribution is 5.70. The van der Waals surface area contributed by atoms with Crippen molar-refractivity contribution in [3.05, 3.63) is 12.2 Å². The Hall–Kier alpha value is -0.830. The zero-order chi connectivity index (χ0) is 18.0. The third-order valence-electron chi connectivity index (χ3n) is 4.73. The highest BCUT2D eigenvalue weighted by atomic mass is 16.4. The molecule has 0 fully saturated rings. The lowest BCUT2D eigenvalue weighted by atomic mass is 9.93. The van der Waals surface area contributed by atoms with Crippen LogP contribution in [-0.4, -0.2) is 22.3 Å². The first-order valence-corrected chi connectivity index (χ1v) is 10.2. The molecule has 3 nitrogen and oxygen atoms in total. The zero-order valence-corrected chi connectivity index (χ0v) is 16.0. The Morgan fingerprint density at radius 1 is 0.833 bits per heavy atom. The molecule has 142 valence electrons. The van der Waals surface area contributed by atoms with Crippen molar-refractivity contribution < 1.29 is 15.0 Å². The van der Waals surface area contributed by atoms with Crippen LogP contribution < -0.4 is 0 Å². The fourth-order valence-corrected chi connectivity index (χ4v) is 3.02. The van der Waals surface area contributed by atoms with E-state index < -0.39 is 18.0 Å². The van der Waals surface area contributed by atoms with Crippen molar-refractivity contribution >= 4 is 5.97 Å². The minimum atomic E-state index is -0.859. The van der Waals surface area contributed by atoms with E-state index >= 15 is 0 Å². The van der Waals surface area contributed by atoms with E-state index in [2.05, 4.69) is 19.1 Å². The summed E-state index contributed by atoms with van der Waals surface area (Å²) in [6.45, 7) is 4.08. The third-order valence-corrected chi connectivity index (χ3v) is 4.73. The Morgan fingerprint density at radius 2 is 1.33 bits per heavy atom. The number of allylic oxidation sites excluding steroid dienone is 2. The van der Waals surface area contributed by atoms with E-state index in [-0.39, 0.29) is 0 Å². The number of hydrogen-bond donors (Lipinski definition) is 2. The smallest absolute Gasteiger partial charge is 0.309 e. The minimum Gasteiger partial charge on any atom is -0.481 e. The van der Waals surface area contributed by atoms with Gasteiger partial charge in [-0.2, -0.15) is 0 Å². The van der Waals surface area contributed by atoms with Crippen molar-refractivity contribution in [3.63, 3.8) is 0 Å². The molecule has 0 bridgehead atoms. The van der Waals surface area contributed by atoms with E-state index in [1.807, 2.05) is 6.92 Å². The molecule has 3 heteroatoms. The molecular weight excluding hydrogens is 300 g/mol. The molecule has 0 aliphatic rings. The SMILES string of the molecule is CCCCCCCC/C=C\CCCCCCC(C(=O)O)C(O)CC. The van der Waals surface area contributed by atoms with Gasteiger partial charge in [-0.25, -0.2) is 0 Å². The Morgan fingerprint density at radius 3 is 1.83 bits per heavy atom. The molecule has 0 aliphatic carbocycles. The summed E-state index contributed by atoms with van der Waals surface area (Å²) in [6.07, 6.45) is 19.8. The van der Waals surface area contributed by atoms with Gasteiger partial charge in [0.05, 0.1) is 12.0 Å². The van der Waals surface area contributed by atoms with Crippen LogP contribution in [0.15, 0.2) is 12.2 Å². The van der Waals surface area contributed by atoms with E-state index in [9.17, 15) is 9.90 Å². The lowest BCUT2D eigenvalue weighted by molar-refractivity contribution is -0.146. The molecule has 0 rings (SSSR count). The van der Waals surface area contributed by atoms with Crippen molar-refractivity contribution in [1.29, 1.82) is 0 Å². The van der Waals surface area contributed by atoms with Crippen LogP contribution in [-0.2, 0) is 4.79 Å². The van der Waals surface area contributed by atoms with Crippen molar-refractivity contribution in [2.75, 3.05) is 0 Å². The Kier molecular flexibility index (Phi) is 16.4. The van der Waals surface area contributed by atoms with Crippen LogP contribution in [0.2, 0.25) is 0 Å². The first-order chi connectivity index (χ1) is 11.6. The molecular formula is C21H40O3. The molecule has 2 N–H and O–H groups in total. The molecule has 0 aromatic heterocycles. The summed E-state index contributed by atoms with van der Waals surface area (Å²) in [6, 6.07) is 0. The molecule has 2 atom stereocenters. The number of rotatable bonds is 17. The maximum absolute atomic E-state index is 11.1. The van der Waals surface area contributed by atoms with Gasteiger partial charge in [-0.1, -0.05) is 77.4 Å². The summed E-state index contributed by atoms with van der Waals surface area (Å²) in [7, 11) is 0. The van der Waals surface area contributed by atoms with E-state index in [1.165, 1.54) is 51.4 Å².